The second-order valence-corrected chi connectivity index (χ2v) is 5.05. The SMILES string of the molecule is Cc1ccc(C(=O)C(C)OC(=O)/C=C/c2ccccc2)cc1. The van der Waals surface area contributed by atoms with Crippen LogP contribution in [-0.2, 0) is 9.53 Å². The molecule has 0 spiro atoms. The van der Waals surface area contributed by atoms with Gasteiger partial charge < -0.3 is 4.74 Å². The smallest absolute Gasteiger partial charge is 0.331 e. The Morgan fingerprint density at radius 1 is 1.00 bits per heavy atom. The molecule has 3 nitrogen and oxygen atoms in total. The monoisotopic (exact) mass is 294 g/mol. The predicted molar refractivity (Wildman–Crippen MR) is 86.5 cm³/mol. The predicted octanol–water partition coefficient (Wildman–Crippen LogP) is 3.82. The van der Waals surface area contributed by atoms with Crippen LogP contribution in [0.25, 0.3) is 6.08 Å². The highest BCUT2D eigenvalue weighted by Crippen LogP contribution is 2.09. The van der Waals surface area contributed by atoms with Crippen molar-refractivity contribution in [1.82, 2.24) is 0 Å². The summed E-state index contributed by atoms with van der Waals surface area (Å²) in [4.78, 5) is 23.9. The minimum Gasteiger partial charge on any atom is -0.451 e. The topological polar surface area (TPSA) is 43.4 Å². The number of rotatable bonds is 5. The molecule has 0 bridgehead atoms. The van der Waals surface area contributed by atoms with Gasteiger partial charge in [0.2, 0.25) is 5.78 Å². The summed E-state index contributed by atoms with van der Waals surface area (Å²) < 4.78 is 5.14. The van der Waals surface area contributed by atoms with E-state index in [0.717, 1.165) is 11.1 Å². The van der Waals surface area contributed by atoms with Crippen LogP contribution in [0.5, 0.6) is 0 Å². The lowest BCUT2D eigenvalue weighted by Crippen LogP contribution is -2.23. The second-order valence-electron chi connectivity index (χ2n) is 5.05. The Morgan fingerprint density at radius 3 is 2.27 bits per heavy atom. The molecular formula is C19H18O3. The summed E-state index contributed by atoms with van der Waals surface area (Å²) in [5.41, 5.74) is 2.52. The highest BCUT2D eigenvalue weighted by Gasteiger charge is 2.18. The second kappa shape index (κ2) is 7.36. The Hall–Kier alpha value is -2.68. The number of ether oxygens (including phenoxy) is 1. The first-order valence-corrected chi connectivity index (χ1v) is 7.11. The highest BCUT2D eigenvalue weighted by atomic mass is 16.5. The Balaban J connectivity index is 1.94. The van der Waals surface area contributed by atoms with Gasteiger partial charge in [0.1, 0.15) is 0 Å². The molecule has 0 fully saturated rings. The molecule has 2 aromatic rings. The van der Waals surface area contributed by atoms with E-state index in [-0.39, 0.29) is 5.78 Å². The molecular weight excluding hydrogens is 276 g/mol. The molecule has 2 aromatic carbocycles. The van der Waals surface area contributed by atoms with Crippen molar-refractivity contribution in [3.63, 3.8) is 0 Å². The third kappa shape index (κ3) is 4.42. The average molecular weight is 294 g/mol. The van der Waals surface area contributed by atoms with Gasteiger partial charge in [-0.05, 0) is 25.5 Å². The number of ketones is 1. The molecule has 22 heavy (non-hydrogen) atoms. The summed E-state index contributed by atoms with van der Waals surface area (Å²) in [5, 5.41) is 0. The molecule has 0 amide bonds. The van der Waals surface area contributed by atoms with Crippen molar-refractivity contribution in [2.24, 2.45) is 0 Å². The molecule has 0 aromatic heterocycles. The van der Waals surface area contributed by atoms with Crippen LogP contribution in [0, 0.1) is 6.92 Å². The molecule has 112 valence electrons. The number of esters is 1. The van der Waals surface area contributed by atoms with E-state index in [1.165, 1.54) is 6.08 Å². The van der Waals surface area contributed by atoms with Crippen molar-refractivity contribution >= 4 is 17.8 Å². The molecule has 0 N–H and O–H groups in total. The van der Waals surface area contributed by atoms with Gasteiger partial charge in [-0.1, -0.05) is 60.2 Å². The van der Waals surface area contributed by atoms with Crippen LogP contribution >= 0.6 is 0 Å². The molecule has 0 radical (unpaired) electrons. The van der Waals surface area contributed by atoms with E-state index in [2.05, 4.69) is 0 Å². The van der Waals surface area contributed by atoms with Crippen LogP contribution in [0.1, 0.15) is 28.4 Å². The normalized spacial score (nSPS) is 12.1. The number of benzene rings is 2. The third-order valence-corrected chi connectivity index (χ3v) is 3.21. The maximum Gasteiger partial charge on any atom is 0.331 e. The number of hydrogen-bond acceptors (Lipinski definition) is 3. The van der Waals surface area contributed by atoms with Crippen molar-refractivity contribution in [2.45, 2.75) is 20.0 Å². The first kappa shape index (κ1) is 15.7. The largest absolute Gasteiger partial charge is 0.451 e. The Morgan fingerprint density at radius 2 is 1.64 bits per heavy atom. The zero-order valence-corrected chi connectivity index (χ0v) is 12.7. The molecule has 0 saturated heterocycles. The van der Waals surface area contributed by atoms with Crippen LogP contribution in [0.2, 0.25) is 0 Å². The van der Waals surface area contributed by atoms with Gasteiger partial charge in [0.15, 0.2) is 6.10 Å². The fourth-order valence-corrected chi connectivity index (χ4v) is 1.95. The summed E-state index contributed by atoms with van der Waals surface area (Å²) in [5.74, 6) is -0.738. The lowest BCUT2D eigenvalue weighted by atomic mass is 10.1. The fraction of sp³-hybridized carbons (Fsp3) is 0.158. The van der Waals surface area contributed by atoms with Crippen molar-refractivity contribution in [3.05, 3.63) is 77.4 Å². The minimum atomic E-state index is -0.810. The maximum atomic E-state index is 12.2. The number of carbonyl (C=O) groups is 2. The van der Waals surface area contributed by atoms with Crippen molar-refractivity contribution in [3.8, 4) is 0 Å². The maximum absolute atomic E-state index is 12.2. The molecule has 0 saturated carbocycles. The van der Waals surface area contributed by atoms with Crippen LogP contribution < -0.4 is 0 Å². The summed E-state index contributed by atoms with van der Waals surface area (Å²) in [6.07, 6.45) is 2.18. The summed E-state index contributed by atoms with van der Waals surface area (Å²) in [6.45, 7) is 3.53. The van der Waals surface area contributed by atoms with Crippen LogP contribution in [0.15, 0.2) is 60.7 Å². The van der Waals surface area contributed by atoms with E-state index in [0.29, 0.717) is 5.56 Å². The van der Waals surface area contributed by atoms with E-state index in [9.17, 15) is 9.59 Å². The molecule has 1 unspecified atom stereocenters. The lowest BCUT2D eigenvalue weighted by molar-refractivity contribution is -0.140. The Kier molecular flexibility index (Phi) is 5.26. The highest BCUT2D eigenvalue weighted by molar-refractivity contribution is 6.01. The van der Waals surface area contributed by atoms with Crippen molar-refractivity contribution < 1.29 is 14.3 Å². The fourth-order valence-electron chi connectivity index (χ4n) is 1.95. The third-order valence-electron chi connectivity index (χ3n) is 3.21. The van der Waals surface area contributed by atoms with Crippen LogP contribution in [0.3, 0.4) is 0 Å². The van der Waals surface area contributed by atoms with Gasteiger partial charge >= 0.3 is 5.97 Å². The molecule has 0 aliphatic heterocycles. The van der Waals surface area contributed by atoms with Gasteiger partial charge in [0.25, 0.3) is 0 Å². The summed E-state index contributed by atoms with van der Waals surface area (Å²) >= 11 is 0. The van der Waals surface area contributed by atoms with E-state index >= 15 is 0 Å². The van der Waals surface area contributed by atoms with Crippen LogP contribution in [-0.4, -0.2) is 17.9 Å². The summed E-state index contributed by atoms with van der Waals surface area (Å²) in [7, 11) is 0. The zero-order valence-electron chi connectivity index (χ0n) is 12.7. The first-order valence-electron chi connectivity index (χ1n) is 7.11. The standard InChI is InChI=1S/C19H18O3/c1-14-8-11-17(12-9-14)19(21)15(2)22-18(20)13-10-16-6-4-3-5-7-16/h3-13,15H,1-2H3/b13-10+. The number of carbonyl (C=O) groups excluding carboxylic acids is 2. The Bertz CT molecular complexity index is 670. The molecule has 0 heterocycles. The molecule has 0 aliphatic carbocycles. The van der Waals surface area contributed by atoms with Crippen molar-refractivity contribution in [1.29, 1.82) is 0 Å². The van der Waals surface area contributed by atoms with E-state index in [4.69, 9.17) is 4.74 Å². The molecule has 2 rings (SSSR count). The van der Waals surface area contributed by atoms with Gasteiger partial charge in [-0.25, -0.2) is 4.79 Å². The average Bonchev–Trinajstić information content (AvgIpc) is 2.54. The van der Waals surface area contributed by atoms with E-state index in [1.54, 1.807) is 25.1 Å². The number of Topliss-reactive ketones (excluding diaryl/α,β-unsaturated/α-hetero) is 1. The number of hydrogen-bond donors (Lipinski definition) is 0. The number of aryl methyl sites for hydroxylation is 1. The zero-order chi connectivity index (χ0) is 15.9. The van der Waals surface area contributed by atoms with E-state index in [1.807, 2.05) is 49.4 Å². The van der Waals surface area contributed by atoms with Gasteiger partial charge in [-0.2, -0.15) is 0 Å². The molecule has 3 heteroatoms. The minimum absolute atomic E-state index is 0.207. The van der Waals surface area contributed by atoms with Gasteiger partial charge in [-0.3, -0.25) is 4.79 Å². The van der Waals surface area contributed by atoms with E-state index < -0.39 is 12.1 Å². The van der Waals surface area contributed by atoms with Gasteiger partial charge in [0, 0.05) is 11.6 Å². The van der Waals surface area contributed by atoms with Crippen molar-refractivity contribution in [2.75, 3.05) is 0 Å². The summed E-state index contributed by atoms with van der Waals surface area (Å²) in [6, 6.07) is 16.6. The molecule has 0 aliphatic rings. The first-order chi connectivity index (χ1) is 10.6. The lowest BCUT2D eigenvalue weighted by Gasteiger charge is -2.11. The Labute approximate surface area is 130 Å². The van der Waals surface area contributed by atoms with Gasteiger partial charge in [0.05, 0.1) is 0 Å². The molecule has 1 atom stereocenters. The van der Waals surface area contributed by atoms with Gasteiger partial charge in [-0.15, -0.1) is 0 Å². The van der Waals surface area contributed by atoms with Crippen LogP contribution in [0.4, 0.5) is 0 Å². The quantitative estimate of drug-likeness (QED) is 0.478.